The van der Waals surface area contributed by atoms with Gasteiger partial charge in [-0.1, -0.05) is 91.0 Å². The molecule has 0 aliphatic heterocycles. The van der Waals surface area contributed by atoms with Gasteiger partial charge in [-0.2, -0.15) is 0 Å². The van der Waals surface area contributed by atoms with Gasteiger partial charge in [0.05, 0.1) is 11.4 Å². The molecule has 0 saturated heterocycles. The third-order valence-corrected chi connectivity index (χ3v) is 5.44. The molecule has 0 amide bonds. The van der Waals surface area contributed by atoms with E-state index in [-0.39, 0.29) is 5.97 Å². The Bertz CT molecular complexity index is 1400. The van der Waals surface area contributed by atoms with Gasteiger partial charge in [0.25, 0.3) is 0 Å². The molecule has 33 heavy (non-hydrogen) atoms. The Balaban J connectivity index is 1.71. The lowest BCUT2D eigenvalue weighted by molar-refractivity contribution is -0.132. The fraction of sp³-hybridized carbons (Fsp3) is 0.107. The Kier molecular flexibility index (Phi) is 5.68. The molecule has 0 aliphatic rings. The van der Waals surface area contributed by atoms with E-state index in [1.54, 1.807) is 0 Å². The first-order valence-electron chi connectivity index (χ1n) is 10.9. The minimum absolute atomic E-state index is 0.381. The zero-order chi connectivity index (χ0) is 22.6. The minimum atomic E-state index is -0.381. The third kappa shape index (κ3) is 4.53. The largest absolute Gasteiger partial charge is 0.407 e. The summed E-state index contributed by atoms with van der Waals surface area (Å²) in [5.74, 6) is 0.0593. The summed E-state index contributed by atoms with van der Waals surface area (Å²) in [7, 11) is 0. The highest BCUT2D eigenvalue weighted by atomic mass is 16.5. The van der Waals surface area contributed by atoms with Gasteiger partial charge in [-0.15, -0.1) is 0 Å². The highest BCUT2D eigenvalue weighted by molar-refractivity contribution is 5.71. The summed E-state index contributed by atoms with van der Waals surface area (Å²) in [6.45, 7) is 1.41. The van der Waals surface area contributed by atoms with Gasteiger partial charge in [0, 0.05) is 31.5 Å². The number of hydrogen-bond acceptors (Lipinski definition) is 4. The molecular weight excluding hydrogens is 410 g/mol. The number of imidazole rings is 1. The number of fused-ring (bicyclic) bond motifs is 1. The van der Waals surface area contributed by atoms with Crippen molar-refractivity contribution in [3.05, 3.63) is 120 Å². The Morgan fingerprint density at radius 3 is 1.88 bits per heavy atom. The molecule has 0 bridgehead atoms. The highest BCUT2D eigenvalue weighted by Gasteiger charge is 2.20. The van der Waals surface area contributed by atoms with Crippen molar-refractivity contribution in [2.24, 2.45) is 0 Å². The fourth-order valence-electron chi connectivity index (χ4n) is 3.94. The predicted molar refractivity (Wildman–Crippen MR) is 128 cm³/mol. The lowest BCUT2D eigenvalue weighted by atomic mass is 10.1. The maximum atomic E-state index is 12.0. The van der Waals surface area contributed by atoms with Crippen molar-refractivity contribution in [1.29, 1.82) is 0 Å². The average Bonchev–Trinajstić information content (AvgIpc) is 3.17. The molecule has 0 N–H and O–H groups in total. The number of carbonyl (C=O) groups excluding carboxylic acids is 1. The summed E-state index contributed by atoms with van der Waals surface area (Å²) in [4.78, 5) is 21.9. The number of ether oxygens (including phenoxy) is 1. The summed E-state index contributed by atoms with van der Waals surface area (Å²) in [6, 6.07) is 30.2. The maximum Gasteiger partial charge on any atom is 0.309 e. The van der Waals surface area contributed by atoms with Crippen LogP contribution in [0.15, 0.2) is 97.2 Å². The monoisotopic (exact) mass is 433 g/mol. The van der Waals surface area contributed by atoms with E-state index in [1.807, 2.05) is 89.5 Å². The third-order valence-electron chi connectivity index (χ3n) is 5.44. The predicted octanol–water partition coefficient (Wildman–Crippen LogP) is 5.50. The Hall–Kier alpha value is -4.25. The van der Waals surface area contributed by atoms with E-state index in [9.17, 15) is 4.79 Å². The van der Waals surface area contributed by atoms with Crippen LogP contribution in [0.25, 0.3) is 16.9 Å². The number of aromatic nitrogens is 3. The van der Waals surface area contributed by atoms with Crippen molar-refractivity contribution in [1.82, 2.24) is 14.4 Å². The lowest BCUT2D eigenvalue weighted by Gasteiger charge is -2.10. The van der Waals surface area contributed by atoms with E-state index in [4.69, 9.17) is 14.7 Å². The number of esters is 1. The fourth-order valence-corrected chi connectivity index (χ4v) is 3.94. The zero-order valence-electron chi connectivity index (χ0n) is 18.3. The second-order valence-corrected chi connectivity index (χ2v) is 7.91. The van der Waals surface area contributed by atoms with Crippen LogP contribution < -0.4 is 4.74 Å². The topological polar surface area (TPSA) is 56.5 Å². The summed E-state index contributed by atoms with van der Waals surface area (Å²) in [6.07, 6.45) is 3.07. The van der Waals surface area contributed by atoms with Crippen LogP contribution in [0.4, 0.5) is 0 Å². The van der Waals surface area contributed by atoms with Crippen LogP contribution in [0.5, 0.6) is 5.88 Å². The molecule has 5 nitrogen and oxygen atoms in total. The van der Waals surface area contributed by atoms with Crippen LogP contribution >= 0.6 is 0 Å². The van der Waals surface area contributed by atoms with Crippen molar-refractivity contribution in [3.8, 4) is 17.1 Å². The van der Waals surface area contributed by atoms with Crippen molar-refractivity contribution in [3.63, 3.8) is 0 Å². The molecule has 0 radical (unpaired) electrons. The second-order valence-electron chi connectivity index (χ2n) is 7.91. The summed E-state index contributed by atoms with van der Waals surface area (Å²) < 4.78 is 7.57. The van der Waals surface area contributed by atoms with Gasteiger partial charge < -0.3 is 4.74 Å². The number of benzene rings is 3. The van der Waals surface area contributed by atoms with Crippen molar-refractivity contribution < 1.29 is 9.53 Å². The van der Waals surface area contributed by atoms with Crippen LogP contribution in [0.3, 0.4) is 0 Å². The molecule has 0 saturated carbocycles. The number of rotatable bonds is 6. The first-order valence-corrected chi connectivity index (χ1v) is 10.9. The summed E-state index contributed by atoms with van der Waals surface area (Å²) in [5, 5.41) is 0. The van der Waals surface area contributed by atoms with E-state index in [1.165, 1.54) is 6.92 Å². The molecule has 0 unspecified atom stereocenters. The number of hydrogen-bond donors (Lipinski definition) is 0. The van der Waals surface area contributed by atoms with Crippen LogP contribution in [0, 0.1) is 0 Å². The molecule has 2 aromatic heterocycles. The van der Waals surface area contributed by atoms with Gasteiger partial charge in [0.2, 0.25) is 5.88 Å². The van der Waals surface area contributed by atoms with E-state index < -0.39 is 0 Å². The minimum Gasteiger partial charge on any atom is -0.407 e. The van der Waals surface area contributed by atoms with Gasteiger partial charge in [0.1, 0.15) is 5.69 Å². The zero-order valence-corrected chi connectivity index (χ0v) is 18.3. The van der Waals surface area contributed by atoms with Crippen LogP contribution in [-0.2, 0) is 17.6 Å². The number of nitrogens with zero attached hydrogens (tertiary/aromatic N) is 3. The Morgan fingerprint density at radius 1 is 0.758 bits per heavy atom. The molecule has 3 aromatic carbocycles. The standard InChI is InChI=1S/C28H23N3O2/c1-20(32)33-28-25(18-22-13-7-3-8-14-22)30-27-24(17-21-11-5-2-6-12-21)29-26(19-31(27)28)23-15-9-4-10-16-23/h2-16,19H,17-18H2,1H3. The average molecular weight is 434 g/mol. The molecule has 5 rings (SSSR count). The first kappa shape index (κ1) is 20.6. The Labute approximate surface area is 192 Å². The van der Waals surface area contributed by atoms with Gasteiger partial charge in [-0.3, -0.25) is 9.20 Å². The molecule has 0 atom stereocenters. The maximum absolute atomic E-state index is 12.0. The lowest BCUT2D eigenvalue weighted by Crippen LogP contribution is -2.07. The molecular formula is C28H23N3O2. The van der Waals surface area contributed by atoms with E-state index in [0.717, 1.165) is 28.1 Å². The summed E-state index contributed by atoms with van der Waals surface area (Å²) in [5.41, 5.74) is 6.24. The highest BCUT2D eigenvalue weighted by Crippen LogP contribution is 2.29. The van der Waals surface area contributed by atoms with Crippen LogP contribution in [0.1, 0.15) is 29.4 Å². The van der Waals surface area contributed by atoms with E-state index >= 15 is 0 Å². The molecule has 5 heteroatoms. The van der Waals surface area contributed by atoms with Crippen molar-refractivity contribution in [2.45, 2.75) is 19.8 Å². The second kappa shape index (κ2) is 9.09. The van der Waals surface area contributed by atoms with Gasteiger partial charge in [-0.05, 0) is 11.1 Å². The van der Waals surface area contributed by atoms with E-state index in [0.29, 0.717) is 30.1 Å². The molecule has 2 heterocycles. The molecule has 162 valence electrons. The Morgan fingerprint density at radius 2 is 1.30 bits per heavy atom. The SMILES string of the molecule is CC(=O)Oc1c(Cc2ccccc2)nc2c(Cc3ccccc3)nc(-c3ccccc3)cn12. The normalized spacial score (nSPS) is 10.9. The first-order chi connectivity index (χ1) is 16.2. The number of carbonyl (C=O) groups is 1. The molecule has 0 aliphatic carbocycles. The molecule has 5 aromatic rings. The quantitative estimate of drug-likeness (QED) is 0.332. The molecule has 0 fully saturated rings. The van der Waals surface area contributed by atoms with Crippen LogP contribution in [-0.4, -0.2) is 20.3 Å². The summed E-state index contributed by atoms with van der Waals surface area (Å²) >= 11 is 0. The van der Waals surface area contributed by atoms with E-state index in [2.05, 4.69) is 12.1 Å². The smallest absolute Gasteiger partial charge is 0.309 e. The van der Waals surface area contributed by atoms with Crippen LogP contribution in [0.2, 0.25) is 0 Å². The van der Waals surface area contributed by atoms with Crippen molar-refractivity contribution in [2.75, 3.05) is 0 Å². The van der Waals surface area contributed by atoms with Gasteiger partial charge in [-0.25, -0.2) is 9.97 Å². The van der Waals surface area contributed by atoms with Gasteiger partial charge in [0.15, 0.2) is 5.65 Å². The molecule has 0 spiro atoms. The van der Waals surface area contributed by atoms with Gasteiger partial charge >= 0.3 is 5.97 Å². The van der Waals surface area contributed by atoms with Crippen molar-refractivity contribution >= 4 is 11.6 Å².